The van der Waals surface area contributed by atoms with Crippen molar-refractivity contribution in [2.75, 3.05) is 19.6 Å². The molecule has 1 aliphatic rings. The number of nitrogens with zero attached hydrogens (tertiary/aromatic N) is 3. The van der Waals surface area contributed by atoms with Gasteiger partial charge in [0.2, 0.25) is 11.8 Å². The van der Waals surface area contributed by atoms with Crippen molar-refractivity contribution in [1.29, 1.82) is 0 Å². The van der Waals surface area contributed by atoms with Crippen LogP contribution >= 0.6 is 0 Å². The molecule has 0 unspecified atom stereocenters. The van der Waals surface area contributed by atoms with Gasteiger partial charge in [0.25, 0.3) is 0 Å². The fraction of sp³-hybridized carbons (Fsp3) is 0.400. The van der Waals surface area contributed by atoms with Crippen molar-refractivity contribution < 1.29 is 9.59 Å². The predicted molar refractivity (Wildman–Crippen MR) is 96.9 cm³/mol. The maximum absolute atomic E-state index is 12.5. The highest BCUT2D eigenvalue weighted by molar-refractivity contribution is 5.81. The number of amides is 2. The number of carbonyl (C=O) groups is 2. The molecule has 1 aromatic carbocycles. The lowest BCUT2D eigenvalue weighted by Crippen LogP contribution is -2.36. The Bertz CT molecular complexity index is 766. The van der Waals surface area contributed by atoms with Crippen molar-refractivity contribution >= 4 is 11.8 Å². The van der Waals surface area contributed by atoms with E-state index in [-0.39, 0.29) is 11.8 Å². The zero-order valence-electron chi connectivity index (χ0n) is 14.9. The van der Waals surface area contributed by atoms with Gasteiger partial charge in [-0.25, -0.2) is 0 Å². The van der Waals surface area contributed by atoms with E-state index in [2.05, 4.69) is 19.1 Å². The summed E-state index contributed by atoms with van der Waals surface area (Å²) in [6, 6.07) is 10.2. The van der Waals surface area contributed by atoms with Gasteiger partial charge >= 0.3 is 0 Å². The van der Waals surface area contributed by atoms with Crippen LogP contribution in [-0.4, -0.2) is 45.8 Å². The molecule has 2 amide bonds. The molecule has 0 atom stereocenters. The van der Waals surface area contributed by atoms with Crippen molar-refractivity contribution in [2.45, 2.75) is 26.3 Å². The van der Waals surface area contributed by atoms with E-state index in [1.54, 1.807) is 0 Å². The van der Waals surface area contributed by atoms with E-state index < -0.39 is 0 Å². The first-order valence-corrected chi connectivity index (χ1v) is 8.73. The molecule has 2 heterocycles. The van der Waals surface area contributed by atoms with Gasteiger partial charge in [-0.05, 0) is 24.1 Å². The van der Waals surface area contributed by atoms with Crippen molar-refractivity contribution in [3.05, 3.63) is 59.4 Å². The van der Waals surface area contributed by atoms with Crippen LogP contribution in [0.3, 0.4) is 0 Å². The van der Waals surface area contributed by atoms with Crippen LogP contribution in [0.5, 0.6) is 0 Å². The molecule has 0 radical (unpaired) electrons. The number of carbonyl (C=O) groups excluding carboxylic acids is 2. The van der Waals surface area contributed by atoms with Crippen molar-refractivity contribution in [2.24, 2.45) is 7.05 Å². The molecule has 0 saturated carbocycles. The average molecular weight is 339 g/mol. The number of aromatic nitrogens is 1. The quantitative estimate of drug-likeness (QED) is 0.857. The van der Waals surface area contributed by atoms with Gasteiger partial charge in [-0.3, -0.25) is 9.59 Å². The monoisotopic (exact) mass is 339 g/mol. The summed E-state index contributed by atoms with van der Waals surface area (Å²) in [6.07, 6.45) is 4.70. The molecule has 1 fully saturated rings. The SMILES string of the molecule is Cc1cccc(CN2CCN(C(=O)Cc3ccn(C)c3)CCC2=O)c1. The Labute approximate surface area is 148 Å². The summed E-state index contributed by atoms with van der Waals surface area (Å²) in [4.78, 5) is 28.6. The van der Waals surface area contributed by atoms with Gasteiger partial charge in [0.15, 0.2) is 0 Å². The molecule has 132 valence electrons. The maximum atomic E-state index is 12.5. The standard InChI is InChI=1S/C20H25N3O2/c1-16-4-3-5-17(12-16)15-23-11-10-22(9-7-19(23)24)20(25)13-18-6-8-21(2)14-18/h3-6,8,12,14H,7,9-11,13,15H2,1-2H3. The minimum atomic E-state index is 0.0939. The molecule has 5 nitrogen and oxygen atoms in total. The van der Waals surface area contributed by atoms with Crippen LogP contribution < -0.4 is 0 Å². The van der Waals surface area contributed by atoms with Crippen molar-refractivity contribution in [1.82, 2.24) is 14.4 Å². The molecule has 5 heteroatoms. The van der Waals surface area contributed by atoms with E-state index in [1.807, 2.05) is 52.0 Å². The van der Waals surface area contributed by atoms with Crippen LogP contribution in [0.25, 0.3) is 0 Å². The minimum Gasteiger partial charge on any atom is -0.357 e. The highest BCUT2D eigenvalue weighted by Crippen LogP contribution is 2.13. The van der Waals surface area contributed by atoms with E-state index in [1.165, 1.54) is 5.56 Å². The van der Waals surface area contributed by atoms with Gasteiger partial charge in [-0.15, -0.1) is 0 Å². The highest BCUT2D eigenvalue weighted by atomic mass is 16.2. The maximum Gasteiger partial charge on any atom is 0.227 e. The van der Waals surface area contributed by atoms with Crippen molar-refractivity contribution in [3.8, 4) is 0 Å². The second-order valence-electron chi connectivity index (χ2n) is 6.80. The van der Waals surface area contributed by atoms with Crippen LogP contribution in [-0.2, 0) is 29.6 Å². The lowest BCUT2D eigenvalue weighted by molar-refractivity contribution is -0.130. The number of hydrogen-bond acceptors (Lipinski definition) is 2. The molecule has 3 rings (SSSR count). The van der Waals surface area contributed by atoms with Gasteiger partial charge in [0.1, 0.15) is 0 Å². The van der Waals surface area contributed by atoms with Gasteiger partial charge in [-0.2, -0.15) is 0 Å². The second-order valence-corrected chi connectivity index (χ2v) is 6.80. The van der Waals surface area contributed by atoms with Gasteiger partial charge in [0, 0.05) is 52.0 Å². The second kappa shape index (κ2) is 7.55. The van der Waals surface area contributed by atoms with E-state index in [9.17, 15) is 9.59 Å². The summed E-state index contributed by atoms with van der Waals surface area (Å²) in [5, 5.41) is 0. The number of hydrogen-bond donors (Lipinski definition) is 0. The molecule has 1 aromatic heterocycles. The first kappa shape index (κ1) is 17.3. The molecular formula is C20H25N3O2. The summed E-state index contributed by atoms with van der Waals surface area (Å²) in [6.45, 7) is 4.37. The Hall–Kier alpha value is -2.56. The van der Waals surface area contributed by atoms with Crippen molar-refractivity contribution in [3.63, 3.8) is 0 Å². The Morgan fingerprint density at radius 3 is 2.68 bits per heavy atom. The lowest BCUT2D eigenvalue weighted by Gasteiger charge is -2.22. The Kier molecular flexibility index (Phi) is 5.22. The predicted octanol–water partition coefficient (Wildman–Crippen LogP) is 2.14. The fourth-order valence-electron chi connectivity index (χ4n) is 3.27. The summed E-state index contributed by atoms with van der Waals surface area (Å²) >= 11 is 0. The highest BCUT2D eigenvalue weighted by Gasteiger charge is 2.24. The molecule has 0 spiro atoms. The molecule has 0 bridgehead atoms. The van der Waals surface area contributed by atoms with E-state index in [0.29, 0.717) is 39.0 Å². The molecule has 1 saturated heterocycles. The average Bonchev–Trinajstić information content (AvgIpc) is 2.88. The Morgan fingerprint density at radius 2 is 1.96 bits per heavy atom. The lowest BCUT2D eigenvalue weighted by atomic mass is 10.1. The topological polar surface area (TPSA) is 45.5 Å². The zero-order chi connectivity index (χ0) is 17.8. The first-order valence-electron chi connectivity index (χ1n) is 8.73. The van der Waals surface area contributed by atoms with E-state index >= 15 is 0 Å². The third kappa shape index (κ3) is 4.50. The molecule has 0 aliphatic carbocycles. The van der Waals surface area contributed by atoms with E-state index in [4.69, 9.17) is 0 Å². The normalized spacial score (nSPS) is 15.4. The smallest absolute Gasteiger partial charge is 0.227 e. The molecule has 1 aliphatic heterocycles. The largest absolute Gasteiger partial charge is 0.357 e. The Balaban J connectivity index is 1.60. The van der Waals surface area contributed by atoms with Crippen LogP contribution in [0.1, 0.15) is 23.1 Å². The summed E-state index contributed by atoms with van der Waals surface area (Å²) in [7, 11) is 1.95. The van der Waals surface area contributed by atoms with E-state index in [0.717, 1.165) is 11.1 Å². The minimum absolute atomic E-state index is 0.0939. The molecule has 25 heavy (non-hydrogen) atoms. The molecule has 0 N–H and O–H groups in total. The van der Waals surface area contributed by atoms with Gasteiger partial charge < -0.3 is 14.4 Å². The number of benzene rings is 1. The van der Waals surface area contributed by atoms with Crippen LogP contribution in [0.4, 0.5) is 0 Å². The number of aryl methyl sites for hydroxylation is 2. The summed E-state index contributed by atoms with van der Waals surface area (Å²) in [5.74, 6) is 0.216. The Morgan fingerprint density at radius 1 is 1.12 bits per heavy atom. The molecule has 2 aromatic rings. The van der Waals surface area contributed by atoms with Crippen LogP contribution in [0.15, 0.2) is 42.7 Å². The molecular weight excluding hydrogens is 314 g/mol. The first-order chi connectivity index (χ1) is 12.0. The van der Waals surface area contributed by atoms with Crippen LogP contribution in [0, 0.1) is 6.92 Å². The fourth-order valence-corrected chi connectivity index (χ4v) is 3.27. The third-order valence-corrected chi connectivity index (χ3v) is 4.65. The summed E-state index contributed by atoms with van der Waals surface area (Å²) in [5.41, 5.74) is 3.34. The third-order valence-electron chi connectivity index (χ3n) is 4.65. The zero-order valence-corrected chi connectivity index (χ0v) is 14.9. The van der Waals surface area contributed by atoms with Gasteiger partial charge in [0.05, 0.1) is 6.42 Å². The van der Waals surface area contributed by atoms with Gasteiger partial charge in [-0.1, -0.05) is 29.8 Å². The van der Waals surface area contributed by atoms with Crippen LogP contribution in [0.2, 0.25) is 0 Å². The summed E-state index contributed by atoms with van der Waals surface area (Å²) < 4.78 is 1.94. The number of rotatable bonds is 4.